The first-order valence-corrected chi connectivity index (χ1v) is 10.5. The number of nitrogens with one attached hydrogen (secondary N) is 2. The molecule has 0 atom stereocenters. The highest BCUT2D eigenvalue weighted by Gasteiger charge is 2.27. The molecular formula is C23H20ClN3O5. The van der Waals surface area contributed by atoms with Gasteiger partial charge in [-0.3, -0.25) is 14.9 Å². The molecule has 1 aliphatic rings. The molecule has 2 aromatic carbocycles. The van der Waals surface area contributed by atoms with Gasteiger partial charge in [-0.1, -0.05) is 28.9 Å². The van der Waals surface area contributed by atoms with Gasteiger partial charge in [0.25, 0.3) is 5.91 Å². The Bertz CT molecular complexity index is 1190. The summed E-state index contributed by atoms with van der Waals surface area (Å²) in [5.74, 6) is -1.30. The van der Waals surface area contributed by atoms with Crippen LogP contribution in [-0.2, 0) is 16.0 Å². The van der Waals surface area contributed by atoms with Gasteiger partial charge in [-0.2, -0.15) is 0 Å². The van der Waals surface area contributed by atoms with E-state index in [9.17, 15) is 14.4 Å². The number of hydrogen-bond donors (Lipinski definition) is 2. The van der Waals surface area contributed by atoms with Crippen LogP contribution in [0.5, 0.6) is 0 Å². The van der Waals surface area contributed by atoms with E-state index in [1.807, 2.05) is 0 Å². The summed E-state index contributed by atoms with van der Waals surface area (Å²) in [6.45, 7) is 1.83. The van der Waals surface area contributed by atoms with Gasteiger partial charge in [0.15, 0.2) is 5.56 Å². The summed E-state index contributed by atoms with van der Waals surface area (Å²) in [4.78, 5) is 37.3. The number of carbonyl (C=O) groups is 3. The zero-order valence-electron chi connectivity index (χ0n) is 17.2. The Morgan fingerprint density at radius 1 is 1.19 bits per heavy atom. The lowest BCUT2D eigenvalue weighted by Gasteiger charge is -2.09. The van der Waals surface area contributed by atoms with Crippen LogP contribution in [0.1, 0.15) is 46.0 Å². The number of aromatic nitrogens is 1. The van der Waals surface area contributed by atoms with E-state index in [-0.39, 0.29) is 29.7 Å². The molecular weight excluding hydrogens is 434 g/mol. The molecule has 2 N–H and O–H groups in total. The largest absolute Gasteiger partial charge is 0.462 e. The lowest BCUT2D eigenvalue weighted by molar-refractivity contribution is -0.116. The molecule has 1 aromatic heterocycles. The van der Waals surface area contributed by atoms with Crippen LogP contribution in [0.25, 0.3) is 11.3 Å². The summed E-state index contributed by atoms with van der Waals surface area (Å²) in [7, 11) is 0. The lowest BCUT2D eigenvalue weighted by atomic mass is 10.0. The van der Waals surface area contributed by atoms with Crippen LogP contribution in [0.2, 0.25) is 5.02 Å². The number of halogens is 1. The number of nitrogens with zero attached hydrogens (tertiary/aromatic N) is 1. The van der Waals surface area contributed by atoms with Gasteiger partial charge in [-0.05, 0) is 55.7 Å². The van der Waals surface area contributed by atoms with Crippen LogP contribution < -0.4 is 10.6 Å². The molecule has 8 nitrogen and oxygen atoms in total. The Kier molecular flexibility index (Phi) is 6.23. The van der Waals surface area contributed by atoms with Crippen molar-refractivity contribution in [2.75, 3.05) is 17.2 Å². The van der Waals surface area contributed by atoms with E-state index < -0.39 is 11.9 Å². The first-order valence-electron chi connectivity index (χ1n) is 10.1. The van der Waals surface area contributed by atoms with Crippen molar-refractivity contribution in [2.45, 2.75) is 26.2 Å². The predicted molar refractivity (Wildman–Crippen MR) is 119 cm³/mol. The summed E-state index contributed by atoms with van der Waals surface area (Å²) in [6, 6.07) is 11.7. The predicted octanol–water partition coefficient (Wildman–Crippen LogP) is 4.70. The Balaban J connectivity index is 1.64. The maximum absolute atomic E-state index is 12.9. The monoisotopic (exact) mass is 453 g/mol. The Hall–Kier alpha value is -3.65. The molecule has 0 bridgehead atoms. The number of ether oxygens (including phenoxy) is 1. The third-order valence-electron chi connectivity index (χ3n) is 5.01. The fraction of sp³-hybridized carbons (Fsp3) is 0.217. The Morgan fingerprint density at radius 3 is 2.72 bits per heavy atom. The van der Waals surface area contributed by atoms with Crippen molar-refractivity contribution < 1.29 is 23.6 Å². The molecule has 2 heterocycles. The van der Waals surface area contributed by atoms with Gasteiger partial charge < -0.3 is 14.6 Å². The summed E-state index contributed by atoms with van der Waals surface area (Å²) in [5, 5.41) is 9.95. The molecule has 0 spiro atoms. The summed E-state index contributed by atoms with van der Waals surface area (Å²) in [5.41, 5.74) is 2.76. The third-order valence-corrected chi connectivity index (χ3v) is 5.26. The lowest BCUT2D eigenvalue weighted by Crippen LogP contribution is -2.16. The molecule has 0 aliphatic carbocycles. The van der Waals surface area contributed by atoms with E-state index in [1.165, 1.54) is 0 Å². The van der Waals surface area contributed by atoms with Gasteiger partial charge >= 0.3 is 5.97 Å². The van der Waals surface area contributed by atoms with Crippen molar-refractivity contribution in [3.63, 3.8) is 0 Å². The molecule has 0 saturated heterocycles. The zero-order valence-corrected chi connectivity index (χ0v) is 18.0. The first-order chi connectivity index (χ1) is 15.5. The van der Waals surface area contributed by atoms with Gasteiger partial charge in [0.1, 0.15) is 5.69 Å². The van der Waals surface area contributed by atoms with Gasteiger partial charge in [0, 0.05) is 28.3 Å². The fourth-order valence-electron chi connectivity index (χ4n) is 3.46. The minimum atomic E-state index is -0.668. The van der Waals surface area contributed by atoms with Crippen LogP contribution in [0, 0.1) is 0 Å². The quantitative estimate of drug-likeness (QED) is 0.542. The number of anilines is 2. The topological polar surface area (TPSA) is 111 Å². The average Bonchev–Trinajstić information content (AvgIpc) is 3.09. The second-order valence-corrected chi connectivity index (χ2v) is 7.63. The van der Waals surface area contributed by atoms with E-state index in [1.54, 1.807) is 49.4 Å². The number of esters is 1. The summed E-state index contributed by atoms with van der Waals surface area (Å²) in [6.07, 6.45) is 1.81. The van der Waals surface area contributed by atoms with Crippen molar-refractivity contribution in [3.8, 4) is 11.3 Å². The van der Waals surface area contributed by atoms with Crippen molar-refractivity contribution >= 4 is 41.0 Å². The summed E-state index contributed by atoms with van der Waals surface area (Å²) < 4.78 is 10.5. The van der Waals surface area contributed by atoms with Gasteiger partial charge in [-0.25, -0.2) is 4.79 Å². The van der Waals surface area contributed by atoms with Crippen LogP contribution in [0.15, 0.2) is 47.0 Å². The molecule has 0 saturated carbocycles. The molecule has 2 amide bonds. The Morgan fingerprint density at radius 2 is 1.97 bits per heavy atom. The molecule has 0 unspecified atom stereocenters. The van der Waals surface area contributed by atoms with Gasteiger partial charge in [-0.15, -0.1) is 0 Å². The summed E-state index contributed by atoms with van der Waals surface area (Å²) >= 11 is 5.95. The van der Waals surface area contributed by atoms with E-state index in [2.05, 4.69) is 15.8 Å². The highest BCUT2D eigenvalue weighted by atomic mass is 35.5. The molecule has 4 rings (SSSR count). The molecule has 0 fully saturated rings. The molecule has 0 radical (unpaired) electrons. The SMILES string of the molecule is CCOC(=O)c1c(-c2ccc(Cl)cc2)noc1NC(=O)c1ccc2c(c1)CCCC(=O)N2. The van der Waals surface area contributed by atoms with Crippen LogP contribution in [0.3, 0.4) is 0 Å². The van der Waals surface area contributed by atoms with E-state index >= 15 is 0 Å². The minimum Gasteiger partial charge on any atom is -0.462 e. The van der Waals surface area contributed by atoms with Gasteiger partial charge in [0.2, 0.25) is 11.8 Å². The maximum atomic E-state index is 12.9. The number of aryl methyl sites for hydroxylation is 1. The average molecular weight is 454 g/mol. The molecule has 32 heavy (non-hydrogen) atoms. The van der Waals surface area contributed by atoms with E-state index in [4.69, 9.17) is 20.9 Å². The Labute approximate surface area is 188 Å². The van der Waals surface area contributed by atoms with Gasteiger partial charge in [0.05, 0.1) is 6.61 Å². The van der Waals surface area contributed by atoms with Crippen molar-refractivity contribution in [2.24, 2.45) is 0 Å². The van der Waals surface area contributed by atoms with Crippen molar-refractivity contribution in [1.82, 2.24) is 5.16 Å². The fourth-order valence-corrected chi connectivity index (χ4v) is 3.59. The van der Waals surface area contributed by atoms with E-state index in [0.29, 0.717) is 41.1 Å². The highest BCUT2D eigenvalue weighted by Crippen LogP contribution is 2.31. The normalized spacial score (nSPS) is 13.0. The van der Waals surface area contributed by atoms with Crippen molar-refractivity contribution in [1.29, 1.82) is 0 Å². The number of carbonyl (C=O) groups excluding carboxylic acids is 3. The second kappa shape index (κ2) is 9.23. The molecule has 1 aliphatic heterocycles. The zero-order chi connectivity index (χ0) is 22.7. The van der Waals surface area contributed by atoms with E-state index in [0.717, 1.165) is 5.56 Å². The van der Waals surface area contributed by atoms with Crippen LogP contribution >= 0.6 is 11.6 Å². The number of hydrogen-bond acceptors (Lipinski definition) is 6. The maximum Gasteiger partial charge on any atom is 0.346 e. The van der Waals surface area contributed by atoms with Crippen LogP contribution in [0.4, 0.5) is 11.6 Å². The highest BCUT2D eigenvalue weighted by molar-refractivity contribution is 6.30. The second-order valence-electron chi connectivity index (χ2n) is 7.19. The molecule has 3 aromatic rings. The number of rotatable bonds is 5. The van der Waals surface area contributed by atoms with Crippen LogP contribution in [-0.4, -0.2) is 29.5 Å². The third kappa shape index (κ3) is 4.50. The number of benzene rings is 2. The first kappa shape index (κ1) is 21.6. The number of fused-ring (bicyclic) bond motifs is 1. The minimum absolute atomic E-state index is 0.0181. The standard InChI is InChI=1S/C23H20ClN3O5/c1-2-31-23(30)19-20(13-6-9-16(24)10-7-13)27-32-22(19)26-21(29)15-8-11-17-14(12-15)4-3-5-18(28)25-17/h6-12H,2-5H2,1H3,(H,25,28)(H,26,29). The van der Waals surface area contributed by atoms with Crippen molar-refractivity contribution in [3.05, 3.63) is 64.2 Å². The molecule has 9 heteroatoms. The molecule has 164 valence electrons. The smallest absolute Gasteiger partial charge is 0.346 e. The number of amides is 2.